The Kier molecular flexibility index (Phi) is 18.4. The molecule has 0 N–H and O–H groups in total. The van der Waals surface area contributed by atoms with Crippen LogP contribution < -0.4 is 0 Å². The lowest BCUT2D eigenvalue weighted by Gasteiger charge is -2.03. The third-order valence-electron chi connectivity index (χ3n) is 4.36. The molecule has 0 saturated carbocycles. The van der Waals surface area contributed by atoms with Crippen molar-refractivity contribution >= 4 is 5.78 Å². The molecule has 22 heavy (non-hydrogen) atoms. The highest BCUT2D eigenvalue weighted by molar-refractivity contribution is 5.78. The molecule has 0 heterocycles. The molecule has 0 unspecified atom stereocenters. The number of ketones is 1. The number of hydrogen-bond acceptors (Lipinski definition) is 2. The lowest BCUT2D eigenvalue weighted by molar-refractivity contribution is -0.119. The monoisotopic (exact) mass is 312 g/mol. The van der Waals surface area contributed by atoms with Crippen molar-refractivity contribution in [1.29, 1.82) is 0 Å². The molecule has 2 nitrogen and oxygen atoms in total. The van der Waals surface area contributed by atoms with E-state index in [0.29, 0.717) is 18.8 Å². The van der Waals surface area contributed by atoms with Gasteiger partial charge in [0.15, 0.2) is 0 Å². The molecule has 0 rings (SSSR count). The second-order valence-electron chi connectivity index (χ2n) is 6.63. The van der Waals surface area contributed by atoms with Crippen molar-refractivity contribution in [2.24, 2.45) is 0 Å². The van der Waals surface area contributed by atoms with Gasteiger partial charge in [-0.15, -0.1) is 0 Å². The molecule has 0 aromatic rings. The fourth-order valence-electron chi connectivity index (χ4n) is 2.88. The minimum absolute atomic E-state index is 0.417. The highest BCUT2D eigenvalue weighted by atomic mass is 16.5. The fraction of sp³-hybridized carbons (Fsp3) is 0.950. The average molecular weight is 313 g/mol. The maximum absolute atomic E-state index is 11.6. The van der Waals surface area contributed by atoms with Crippen molar-refractivity contribution in [3.05, 3.63) is 0 Å². The SMILES string of the molecule is CCCCCCCCCCCCCCCC(=O)CCCOC. The maximum Gasteiger partial charge on any atom is 0.132 e. The zero-order valence-corrected chi connectivity index (χ0v) is 15.3. The molecule has 0 atom stereocenters. The first-order valence-electron chi connectivity index (χ1n) is 9.82. The number of Topliss-reactive ketones (excluding diaryl/α,β-unsaturated/α-hetero) is 1. The summed E-state index contributed by atoms with van der Waals surface area (Å²) in [5.41, 5.74) is 0. The summed E-state index contributed by atoms with van der Waals surface area (Å²) in [6.45, 7) is 2.99. The van der Waals surface area contributed by atoms with E-state index in [-0.39, 0.29) is 0 Å². The van der Waals surface area contributed by atoms with E-state index in [2.05, 4.69) is 6.92 Å². The van der Waals surface area contributed by atoms with Gasteiger partial charge in [0.2, 0.25) is 0 Å². The van der Waals surface area contributed by atoms with Crippen LogP contribution in [0.3, 0.4) is 0 Å². The Morgan fingerprint density at radius 1 is 0.636 bits per heavy atom. The van der Waals surface area contributed by atoms with Crippen molar-refractivity contribution in [3.63, 3.8) is 0 Å². The van der Waals surface area contributed by atoms with Crippen molar-refractivity contribution in [1.82, 2.24) is 0 Å². The van der Waals surface area contributed by atoms with Gasteiger partial charge in [0, 0.05) is 26.6 Å². The van der Waals surface area contributed by atoms with Gasteiger partial charge in [-0.3, -0.25) is 4.79 Å². The second kappa shape index (κ2) is 18.7. The third kappa shape index (κ3) is 17.7. The topological polar surface area (TPSA) is 26.3 Å². The van der Waals surface area contributed by atoms with E-state index in [4.69, 9.17) is 4.74 Å². The van der Waals surface area contributed by atoms with Crippen molar-refractivity contribution in [2.45, 2.75) is 110 Å². The highest BCUT2D eigenvalue weighted by Crippen LogP contribution is 2.13. The number of rotatable bonds is 18. The van der Waals surface area contributed by atoms with E-state index >= 15 is 0 Å². The first-order valence-corrected chi connectivity index (χ1v) is 9.82. The first kappa shape index (κ1) is 21.6. The van der Waals surface area contributed by atoms with E-state index in [1.165, 1.54) is 77.0 Å². The molecule has 0 amide bonds. The molecule has 0 fully saturated rings. The van der Waals surface area contributed by atoms with Gasteiger partial charge in [-0.25, -0.2) is 0 Å². The first-order chi connectivity index (χ1) is 10.8. The van der Waals surface area contributed by atoms with E-state index in [0.717, 1.165) is 19.3 Å². The summed E-state index contributed by atoms with van der Waals surface area (Å²) in [4.78, 5) is 11.6. The summed E-state index contributed by atoms with van der Waals surface area (Å²) < 4.78 is 4.96. The van der Waals surface area contributed by atoms with Crippen LogP contribution >= 0.6 is 0 Å². The molecule has 2 heteroatoms. The average Bonchev–Trinajstić information content (AvgIpc) is 2.52. The molecule has 0 saturated heterocycles. The van der Waals surface area contributed by atoms with Crippen LogP contribution in [-0.4, -0.2) is 19.5 Å². The molecule has 0 aliphatic carbocycles. The van der Waals surface area contributed by atoms with Crippen LogP contribution in [0.4, 0.5) is 0 Å². The minimum atomic E-state index is 0.417. The summed E-state index contributed by atoms with van der Waals surface area (Å²) >= 11 is 0. The number of carbonyl (C=O) groups excluding carboxylic acids is 1. The maximum atomic E-state index is 11.6. The van der Waals surface area contributed by atoms with Gasteiger partial charge >= 0.3 is 0 Å². The van der Waals surface area contributed by atoms with E-state index in [1.54, 1.807) is 7.11 Å². The van der Waals surface area contributed by atoms with Gasteiger partial charge in [-0.1, -0.05) is 84.0 Å². The van der Waals surface area contributed by atoms with Crippen LogP contribution in [0.1, 0.15) is 110 Å². The number of ether oxygens (including phenoxy) is 1. The molecule has 0 aromatic carbocycles. The second-order valence-corrected chi connectivity index (χ2v) is 6.63. The lowest BCUT2D eigenvalue weighted by atomic mass is 10.0. The number of carbonyl (C=O) groups is 1. The molecule has 0 bridgehead atoms. The van der Waals surface area contributed by atoms with Gasteiger partial charge in [-0.05, 0) is 12.8 Å². The van der Waals surface area contributed by atoms with Crippen molar-refractivity contribution < 1.29 is 9.53 Å². The Bertz CT molecular complexity index is 226. The predicted octanol–water partition coefficient (Wildman–Crippen LogP) is 6.46. The van der Waals surface area contributed by atoms with Gasteiger partial charge in [0.25, 0.3) is 0 Å². The predicted molar refractivity (Wildman–Crippen MR) is 96.4 cm³/mol. The summed E-state index contributed by atoms with van der Waals surface area (Å²) in [5.74, 6) is 0.417. The van der Waals surface area contributed by atoms with Crippen LogP contribution in [-0.2, 0) is 9.53 Å². The Morgan fingerprint density at radius 3 is 1.50 bits per heavy atom. The smallest absolute Gasteiger partial charge is 0.132 e. The van der Waals surface area contributed by atoms with Gasteiger partial charge in [0.1, 0.15) is 5.78 Å². The van der Waals surface area contributed by atoms with Gasteiger partial charge in [0.05, 0.1) is 0 Å². The summed E-state index contributed by atoms with van der Waals surface area (Å²) in [6.07, 6.45) is 20.0. The number of hydrogen-bond donors (Lipinski definition) is 0. The summed E-state index contributed by atoms with van der Waals surface area (Å²) in [5, 5.41) is 0. The highest BCUT2D eigenvalue weighted by Gasteiger charge is 2.01. The molecule has 0 aliphatic heterocycles. The zero-order chi connectivity index (χ0) is 16.3. The zero-order valence-electron chi connectivity index (χ0n) is 15.3. The Labute approximate surface area is 139 Å². The quantitative estimate of drug-likeness (QED) is 0.271. The van der Waals surface area contributed by atoms with E-state index in [1.807, 2.05) is 0 Å². The van der Waals surface area contributed by atoms with Crippen molar-refractivity contribution in [3.8, 4) is 0 Å². The standard InChI is InChI=1S/C20H40O2/c1-3-4-5-6-7-8-9-10-11-12-13-14-15-17-20(21)18-16-19-22-2/h3-19H2,1-2H3. The Morgan fingerprint density at radius 2 is 1.05 bits per heavy atom. The molecule has 0 aliphatic rings. The Balaban J connectivity index is 3.06. The summed E-state index contributed by atoms with van der Waals surface area (Å²) in [7, 11) is 1.69. The van der Waals surface area contributed by atoms with Crippen molar-refractivity contribution in [2.75, 3.05) is 13.7 Å². The van der Waals surface area contributed by atoms with E-state index < -0.39 is 0 Å². The van der Waals surface area contributed by atoms with Gasteiger partial charge in [-0.2, -0.15) is 0 Å². The molecule has 0 aromatic heterocycles. The third-order valence-corrected chi connectivity index (χ3v) is 4.36. The fourth-order valence-corrected chi connectivity index (χ4v) is 2.88. The number of unbranched alkanes of at least 4 members (excludes halogenated alkanes) is 12. The molecule has 0 spiro atoms. The largest absolute Gasteiger partial charge is 0.385 e. The van der Waals surface area contributed by atoms with Gasteiger partial charge < -0.3 is 4.74 Å². The minimum Gasteiger partial charge on any atom is -0.385 e. The molecule has 0 radical (unpaired) electrons. The van der Waals surface area contributed by atoms with Crippen LogP contribution in [0.5, 0.6) is 0 Å². The lowest BCUT2D eigenvalue weighted by Crippen LogP contribution is -2.00. The van der Waals surface area contributed by atoms with Crippen LogP contribution in [0.2, 0.25) is 0 Å². The Hall–Kier alpha value is -0.370. The van der Waals surface area contributed by atoms with Crippen LogP contribution in [0.25, 0.3) is 0 Å². The van der Waals surface area contributed by atoms with Crippen LogP contribution in [0.15, 0.2) is 0 Å². The molecular weight excluding hydrogens is 272 g/mol. The molecular formula is C20H40O2. The van der Waals surface area contributed by atoms with Crippen LogP contribution in [0, 0.1) is 0 Å². The molecule has 132 valence electrons. The van der Waals surface area contributed by atoms with E-state index in [9.17, 15) is 4.79 Å². The normalized spacial score (nSPS) is 11.0. The number of methoxy groups -OCH3 is 1. The summed E-state index contributed by atoms with van der Waals surface area (Å²) in [6, 6.07) is 0.